The molecule has 1 fully saturated rings. The molecule has 0 amide bonds. The second-order valence-electron chi connectivity index (χ2n) is 4.87. The Bertz CT molecular complexity index is 353. The molecule has 0 aliphatic carbocycles. The van der Waals surface area contributed by atoms with Crippen LogP contribution in [-0.4, -0.2) is 6.54 Å². The first kappa shape index (κ1) is 10.5. The molecule has 0 spiro atoms. The van der Waals surface area contributed by atoms with E-state index in [1.165, 1.54) is 29.5 Å². The van der Waals surface area contributed by atoms with Crippen molar-refractivity contribution in [1.29, 1.82) is 0 Å². The molecule has 15 heavy (non-hydrogen) atoms. The number of nitrogens with two attached hydrogens (primary N) is 1. The summed E-state index contributed by atoms with van der Waals surface area (Å²) >= 11 is 0. The van der Waals surface area contributed by atoms with Gasteiger partial charge in [0.15, 0.2) is 0 Å². The molecule has 3 N–H and O–H groups in total. The maximum Gasteiger partial charge on any atom is 0.0407 e. The van der Waals surface area contributed by atoms with Crippen molar-refractivity contribution in [3.05, 3.63) is 28.8 Å². The molecule has 2 heteroatoms. The van der Waals surface area contributed by atoms with Crippen molar-refractivity contribution < 1.29 is 0 Å². The van der Waals surface area contributed by atoms with Crippen LogP contribution in [0.15, 0.2) is 12.1 Å². The van der Waals surface area contributed by atoms with Crippen LogP contribution in [0.1, 0.15) is 36.5 Å². The first-order chi connectivity index (χ1) is 7.03. The van der Waals surface area contributed by atoms with Gasteiger partial charge in [-0.15, -0.1) is 0 Å². The summed E-state index contributed by atoms with van der Waals surface area (Å²) < 4.78 is 0. The zero-order valence-electron chi connectivity index (χ0n) is 9.85. The highest BCUT2D eigenvalue weighted by Crippen LogP contribution is 2.33. The minimum Gasteiger partial charge on any atom is -0.398 e. The molecule has 1 atom stereocenters. The van der Waals surface area contributed by atoms with E-state index in [-0.39, 0.29) is 5.54 Å². The number of anilines is 1. The molecule has 2 rings (SSSR count). The van der Waals surface area contributed by atoms with Gasteiger partial charge in [-0.2, -0.15) is 0 Å². The Morgan fingerprint density at radius 3 is 2.60 bits per heavy atom. The summed E-state index contributed by atoms with van der Waals surface area (Å²) in [5.41, 5.74) is 10.9. The van der Waals surface area contributed by atoms with Gasteiger partial charge >= 0.3 is 0 Å². The molecule has 0 bridgehead atoms. The predicted octanol–water partition coefficient (Wildman–Crippen LogP) is 2.48. The lowest BCUT2D eigenvalue weighted by molar-refractivity contribution is 0.434. The second kappa shape index (κ2) is 3.53. The first-order valence-corrected chi connectivity index (χ1v) is 5.65. The standard InChI is InChI=1S/C13H20N2/c1-9-7-11(8-12(14)10(9)2)13(3)5-4-6-15-13/h7-8,15H,4-6,14H2,1-3H3. The van der Waals surface area contributed by atoms with Crippen LogP contribution in [0.2, 0.25) is 0 Å². The molecule has 1 aromatic carbocycles. The van der Waals surface area contributed by atoms with E-state index in [0.717, 1.165) is 12.2 Å². The van der Waals surface area contributed by atoms with Gasteiger partial charge in [0, 0.05) is 11.2 Å². The Hall–Kier alpha value is -1.02. The Labute approximate surface area is 91.9 Å². The molecule has 1 aliphatic heterocycles. The van der Waals surface area contributed by atoms with Crippen molar-refractivity contribution in [1.82, 2.24) is 5.32 Å². The van der Waals surface area contributed by atoms with Gasteiger partial charge in [0.2, 0.25) is 0 Å². The minimum atomic E-state index is 0.132. The summed E-state index contributed by atoms with van der Waals surface area (Å²) in [7, 11) is 0. The number of rotatable bonds is 1. The fourth-order valence-electron chi connectivity index (χ4n) is 2.35. The summed E-state index contributed by atoms with van der Waals surface area (Å²) in [5, 5.41) is 3.57. The van der Waals surface area contributed by atoms with Crippen molar-refractivity contribution in [2.24, 2.45) is 0 Å². The molecule has 2 nitrogen and oxygen atoms in total. The van der Waals surface area contributed by atoms with Crippen LogP contribution in [0.4, 0.5) is 5.69 Å². The maximum atomic E-state index is 6.02. The lowest BCUT2D eigenvalue weighted by Crippen LogP contribution is -2.33. The largest absolute Gasteiger partial charge is 0.398 e. The van der Waals surface area contributed by atoms with Crippen LogP contribution < -0.4 is 11.1 Å². The zero-order valence-corrected chi connectivity index (χ0v) is 9.85. The first-order valence-electron chi connectivity index (χ1n) is 5.65. The van der Waals surface area contributed by atoms with Gasteiger partial charge in [-0.3, -0.25) is 0 Å². The number of benzene rings is 1. The smallest absolute Gasteiger partial charge is 0.0407 e. The predicted molar refractivity (Wildman–Crippen MR) is 64.9 cm³/mol. The molecule has 0 saturated carbocycles. The van der Waals surface area contributed by atoms with Gasteiger partial charge in [0.05, 0.1) is 0 Å². The summed E-state index contributed by atoms with van der Waals surface area (Å²) in [6.07, 6.45) is 2.46. The van der Waals surface area contributed by atoms with Crippen LogP contribution in [0, 0.1) is 13.8 Å². The normalized spacial score (nSPS) is 25.8. The summed E-state index contributed by atoms with van der Waals surface area (Å²) in [5.74, 6) is 0. The molecular weight excluding hydrogens is 184 g/mol. The quantitative estimate of drug-likeness (QED) is 0.690. The molecule has 1 saturated heterocycles. The van der Waals surface area contributed by atoms with Crippen molar-refractivity contribution in [3.8, 4) is 0 Å². The van der Waals surface area contributed by atoms with Crippen LogP contribution in [0.5, 0.6) is 0 Å². The number of nitrogens with one attached hydrogen (secondary N) is 1. The van der Waals surface area contributed by atoms with Gasteiger partial charge in [0.25, 0.3) is 0 Å². The lowest BCUT2D eigenvalue weighted by Gasteiger charge is -2.26. The fraction of sp³-hybridized carbons (Fsp3) is 0.538. The molecule has 1 aliphatic rings. The summed E-state index contributed by atoms with van der Waals surface area (Å²) in [6.45, 7) is 7.60. The number of aryl methyl sites for hydroxylation is 1. The Balaban J connectivity index is 2.45. The van der Waals surface area contributed by atoms with Crippen molar-refractivity contribution in [3.63, 3.8) is 0 Å². The highest BCUT2D eigenvalue weighted by atomic mass is 15.0. The number of hydrogen-bond donors (Lipinski definition) is 2. The fourth-order valence-corrected chi connectivity index (χ4v) is 2.35. The van der Waals surface area contributed by atoms with Crippen molar-refractivity contribution in [2.45, 2.75) is 39.2 Å². The average Bonchev–Trinajstić information content (AvgIpc) is 2.62. The lowest BCUT2D eigenvalue weighted by atomic mass is 9.88. The van der Waals surface area contributed by atoms with E-state index in [0.29, 0.717) is 0 Å². The average molecular weight is 204 g/mol. The monoisotopic (exact) mass is 204 g/mol. The third-order valence-electron chi connectivity index (χ3n) is 3.71. The van der Waals surface area contributed by atoms with Crippen LogP contribution >= 0.6 is 0 Å². The Morgan fingerprint density at radius 2 is 2.07 bits per heavy atom. The summed E-state index contributed by atoms with van der Waals surface area (Å²) in [6, 6.07) is 4.39. The molecular formula is C13H20N2. The minimum absolute atomic E-state index is 0.132. The van der Waals surface area contributed by atoms with Crippen LogP contribution in [0.25, 0.3) is 0 Å². The van der Waals surface area contributed by atoms with Crippen molar-refractivity contribution >= 4 is 5.69 Å². The molecule has 0 radical (unpaired) electrons. The van der Waals surface area contributed by atoms with E-state index in [1.54, 1.807) is 0 Å². The number of nitrogen functional groups attached to an aromatic ring is 1. The maximum absolute atomic E-state index is 6.02. The van der Waals surface area contributed by atoms with Crippen molar-refractivity contribution in [2.75, 3.05) is 12.3 Å². The second-order valence-corrected chi connectivity index (χ2v) is 4.87. The van der Waals surface area contributed by atoms with Gasteiger partial charge < -0.3 is 11.1 Å². The van der Waals surface area contributed by atoms with E-state index >= 15 is 0 Å². The topological polar surface area (TPSA) is 38.0 Å². The molecule has 1 aromatic rings. The summed E-state index contributed by atoms with van der Waals surface area (Å²) in [4.78, 5) is 0. The highest BCUT2D eigenvalue weighted by molar-refractivity contribution is 5.53. The third-order valence-corrected chi connectivity index (χ3v) is 3.71. The van der Waals surface area contributed by atoms with E-state index in [4.69, 9.17) is 5.73 Å². The third kappa shape index (κ3) is 1.74. The van der Waals surface area contributed by atoms with E-state index in [9.17, 15) is 0 Å². The van der Waals surface area contributed by atoms with Gasteiger partial charge in [0.1, 0.15) is 0 Å². The Kier molecular flexibility index (Phi) is 2.47. The van der Waals surface area contributed by atoms with E-state index in [1.807, 2.05) is 0 Å². The van der Waals surface area contributed by atoms with Gasteiger partial charge in [-0.05, 0) is 62.9 Å². The molecule has 1 unspecified atom stereocenters. The number of hydrogen-bond acceptors (Lipinski definition) is 2. The van der Waals surface area contributed by atoms with Crippen LogP contribution in [-0.2, 0) is 5.54 Å². The van der Waals surface area contributed by atoms with Gasteiger partial charge in [-0.25, -0.2) is 0 Å². The Morgan fingerprint density at radius 1 is 1.33 bits per heavy atom. The highest BCUT2D eigenvalue weighted by Gasteiger charge is 2.30. The SMILES string of the molecule is Cc1cc(C2(C)CCCN2)cc(N)c1C. The zero-order chi connectivity index (χ0) is 11.1. The van der Waals surface area contributed by atoms with E-state index < -0.39 is 0 Å². The molecule has 82 valence electrons. The molecule has 1 heterocycles. The van der Waals surface area contributed by atoms with Crippen LogP contribution in [0.3, 0.4) is 0 Å². The van der Waals surface area contributed by atoms with Gasteiger partial charge in [-0.1, -0.05) is 6.07 Å². The van der Waals surface area contributed by atoms with E-state index in [2.05, 4.69) is 38.2 Å². The molecule has 0 aromatic heterocycles.